The highest BCUT2D eigenvalue weighted by Crippen LogP contribution is 2.07. The molecule has 0 aliphatic heterocycles. The third-order valence-electron chi connectivity index (χ3n) is 1.77. The van der Waals surface area contributed by atoms with Crippen molar-refractivity contribution < 1.29 is 9.90 Å². The molecule has 72 valence electrons. The van der Waals surface area contributed by atoms with E-state index in [-0.39, 0.29) is 5.92 Å². The Kier molecular flexibility index (Phi) is 4.80. The summed E-state index contributed by atoms with van der Waals surface area (Å²) < 4.78 is 0. The van der Waals surface area contributed by atoms with Crippen molar-refractivity contribution in [3.8, 4) is 0 Å². The highest BCUT2D eigenvalue weighted by Gasteiger charge is 2.19. The summed E-state index contributed by atoms with van der Waals surface area (Å²) in [5, 5.41) is 10.7. The second-order valence-corrected chi connectivity index (χ2v) is 3.09. The molecule has 0 aromatic rings. The van der Waals surface area contributed by atoms with E-state index in [4.69, 9.17) is 11.6 Å². The molecule has 0 saturated heterocycles. The molecule has 0 bridgehead atoms. The Morgan fingerprint density at radius 1 is 1.67 bits per heavy atom. The van der Waals surface area contributed by atoms with Gasteiger partial charge < -0.3 is 10.8 Å². The summed E-state index contributed by atoms with van der Waals surface area (Å²) in [5.41, 5.74) is 4.91. The van der Waals surface area contributed by atoms with Crippen LogP contribution in [0.25, 0.3) is 0 Å². The van der Waals surface area contributed by atoms with Crippen LogP contribution in [-0.4, -0.2) is 35.7 Å². The van der Waals surface area contributed by atoms with E-state index in [1.165, 1.54) is 5.01 Å². The molecule has 5 nitrogen and oxygen atoms in total. The van der Waals surface area contributed by atoms with Crippen molar-refractivity contribution in [2.75, 3.05) is 13.6 Å². The summed E-state index contributed by atoms with van der Waals surface area (Å²) in [5.74, 6) is 4.53. The third kappa shape index (κ3) is 4.27. The SMILES string of the molecule is CC(CCN(C)N)C(O)C(N)=O. The van der Waals surface area contributed by atoms with E-state index >= 15 is 0 Å². The quantitative estimate of drug-likeness (QED) is 0.356. The van der Waals surface area contributed by atoms with Crippen LogP contribution in [0.15, 0.2) is 0 Å². The Hall–Kier alpha value is -0.650. The van der Waals surface area contributed by atoms with E-state index in [0.29, 0.717) is 13.0 Å². The Morgan fingerprint density at radius 3 is 2.50 bits per heavy atom. The van der Waals surface area contributed by atoms with Crippen molar-refractivity contribution in [3.05, 3.63) is 0 Å². The number of hydrazine groups is 1. The molecule has 0 saturated carbocycles. The average molecular weight is 175 g/mol. The first-order chi connectivity index (χ1) is 5.45. The van der Waals surface area contributed by atoms with Gasteiger partial charge in [0.1, 0.15) is 6.10 Å². The van der Waals surface area contributed by atoms with Gasteiger partial charge in [0.05, 0.1) is 0 Å². The van der Waals surface area contributed by atoms with Crippen LogP contribution in [-0.2, 0) is 4.79 Å². The normalized spacial score (nSPS) is 16.1. The minimum atomic E-state index is -1.06. The van der Waals surface area contributed by atoms with Crippen LogP contribution in [0.4, 0.5) is 0 Å². The van der Waals surface area contributed by atoms with Gasteiger partial charge in [0, 0.05) is 13.6 Å². The zero-order chi connectivity index (χ0) is 9.72. The van der Waals surface area contributed by atoms with Crippen LogP contribution in [0.5, 0.6) is 0 Å². The molecule has 0 aromatic carbocycles. The van der Waals surface area contributed by atoms with Crippen molar-refractivity contribution >= 4 is 5.91 Å². The number of primary amides is 1. The minimum absolute atomic E-state index is 0.145. The second kappa shape index (κ2) is 5.08. The zero-order valence-corrected chi connectivity index (χ0v) is 7.53. The molecule has 0 rings (SSSR count). The molecular weight excluding hydrogens is 158 g/mol. The molecule has 2 atom stereocenters. The van der Waals surface area contributed by atoms with Crippen LogP contribution in [0.3, 0.4) is 0 Å². The highest BCUT2D eigenvalue weighted by molar-refractivity contribution is 5.78. The van der Waals surface area contributed by atoms with Crippen LogP contribution < -0.4 is 11.6 Å². The van der Waals surface area contributed by atoms with Gasteiger partial charge in [-0.1, -0.05) is 6.92 Å². The average Bonchev–Trinajstić information content (AvgIpc) is 1.98. The van der Waals surface area contributed by atoms with Gasteiger partial charge in [0.25, 0.3) is 0 Å². The molecule has 0 spiro atoms. The van der Waals surface area contributed by atoms with Gasteiger partial charge in [-0.3, -0.25) is 15.6 Å². The summed E-state index contributed by atoms with van der Waals surface area (Å²) >= 11 is 0. The summed E-state index contributed by atoms with van der Waals surface area (Å²) in [7, 11) is 1.73. The predicted molar refractivity (Wildman–Crippen MR) is 45.8 cm³/mol. The fourth-order valence-corrected chi connectivity index (χ4v) is 0.846. The van der Waals surface area contributed by atoms with Crippen LogP contribution in [0.1, 0.15) is 13.3 Å². The van der Waals surface area contributed by atoms with Crippen molar-refractivity contribution in [3.63, 3.8) is 0 Å². The molecule has 5 heteroatoms. The fraction of sp³-hybridized carbons (Fsp3) is 0.857. The standard InChI is InChI=1S/C7H17N3O2/c1-5(3-4-10(2)9)6(11)7(8)12/h5-6,11H,3-4,9H2,1-2H3,(H2,8,12). The van der Waals surface area contributed by atoms with E-state index in [2.05, 4.69) is 0 Å². The maximum Gasteiger partial charge on any atom is 0.246 e. The molecule has 2 unspecified atom stereocenters. The minimum Gasteiger partial charge on any atom is -0.383 e. The third-order valence-corrected chi connectivity index (χ3v) is 1.77. The fourth-order valence-electron chi connectivity index (χ4n) is 0.846. The van der Waals surface area contributed by atoms with Crippen LogP contribution in [0.2, 0.25) is 0 Å². The van der Waals surface area contributed by atoms with Gasteiger partial charge in [-0.05, 0) is 12.3 Å². The molecule has 0 fully saturated rings. The smallest absolute Gasteiger partial charge is 0.246 e. The number of aliphatic hydroxyl groups is 1. The zero-order valence-electron chi connectivity index (χ0n) is 7.53. The molecule has 0 aliphatic rings. The summed E-state index contributed by atoms with van der Waals surface area (Å²) in [4.78, 5) is 10.5. The summed E-state index contributed by atoms with van der Waals surface area (Å²) in [6.45, 7) is 2.39. The number of hydrogen-bond acceptors (Lipinski definition) is 4. The maximum absolute atomic E-state index is 10.5. The van der Waals surface area contributed by atoms with Crippen molar-refractivity contribution in [1.29, 1.82) is 0 Å². The molecule has 0 aromatic heterocycles. The Morgan fingerprint density at radius 2 is 2.17 bits per heavy atom. The molecule has 0 radical (unpaired) electrons. The first-order valence-electron chi connectivity index (χ1n) is 3.88. The largest absolute Gasteiger partial charge is 0.383 e. The van der Waals surface area contributed by atoms with Gasteiger partial charge in [0.2, 0.25) is 5.91 Å². The lowest BCUT2D eigenvalue weighted by Gasteiger charge is -2.17. The van der Waals surface area contributed by atoms with Crippen molar-refractivity contribution in [2.24, 2.45) is 17.5 Å². The number of carbonyl (C=O) groups is 1. The molecule has 0 aliphatic carbocycles. The number of rotatable bonds is 5. The molecule has 12 heavy (non-hydrogen) atoms. The van der Waals surface area contributed by atoms with Gasteiger partial charge in [-0.25, -0.2) is 0 Å². The first kappa shape index (κ1) is 11.4. The topological polar surface area (TPSA) is 92.6 Å². The number of carbonyl (C=O) groups excluding carboxylic acids is 1. The van der Waals surface area contributed by atoms with Crippen molar-refractivity contribution in [1.82, 2.24) is 5.01 Å². The van der Waals surface area contributed by atoms with Crippen molar-refractivity contribution in [2.45, 2.75) is 19.4 Å². The van der Waals surface area contributed by atoms with Gasteiger partial charge in [-0.15, -0.1) is 0 Å². The Bertz CT molecular complexity index is 150. The van der Waals surface area contributed by atoms with E-state index in [1.807, 2.05) is 0 Å². The monoisotopic (exact) mass is 175 g/mol. The van der Waals surface area contributed by atoms with E-state index in [0.717, 1.165) is 0 Å². The number of nitrogens with two attached hydrogens (primary N) is 2. The first-order valence-corrected chi connectivity index (χ1v) is 3.88. The maximum atomic E-state index is 10.5. The second-order valence-electron chi connectivity index (χ2n) is 3.09. The summed E-state index contributed by atoms with van der Waals surface area (Å²) in [6.07, 6.45) is -0.415. The summed E-state index contributed by atoms with van der Waals surface area (Å²) in [6, 6.07) is 0. The molecular formula is C7H17N3O2. The highest BCUT2D eigenvalue weighted by atomic mass is 16.3. The lowest BCUT2D eigenvalue weighted by molar-refractivity contribution is -0.128. The molecule has 0 heterocycles. The van der Waals surface area contributed by atoms with E-state index in [9.17, 15) is 9.90 Å². The number of amides is 1. The van der Waals surface area contributed by atoms with Gasteiger partial charge >= 0.3 is 0 Å². The van der Waals surface area contributed by atoms with Crippen LogP contribution in [0, 0.1) is 5.92 Å². The predicted octanol–water partition coefficient (Wildman–Crippen LogP) is -1.34. The van der Waals surface area contributed by atoms with Gasteiger partial charge in [0.15, 0.2) is 0 Å². The van der Waals surface area contributed by atoms with E-state index in [1.54, 1.807) is 14.0 Å². The molecule has 5 N–H and O–H groups in total. The lowest BCUT2D eigenvalue weighted by Crippen LogP contribution is -2.36. The number of hydrogen-bond donors (Lipinski definition) is 3. The van der Waals surface area contributed by atoms with Gasteiger partial charge in [-0.2, -0.15) is 0 Å². The molecule has 1 amide bonds. The lowest BCUT2D eigenvalue weighted by atomic mass is 10.0. The Labute approximate surface area is 72.3 Å². The van der Waals surface area contributed by atoms with Crippen LogP contribution >= 0.6 is 0 Å². The number of nitrogens with zero attached hydrogens (tertiary/aromatic N) is 1. The van der Waals surface area contributed by atoms with E-state index < -0.39 is 12.0 Å². The number of aliphatic hydroxyl groups excluding tert-OH is 1. The Balaban J connectivity index is 3.71.